The van der Waals surface area contributed by atoms with Gasteiger partial charge in [-0.1, -0.05) is 30.3 Å². The van der Waals surface area contributed by atoms with Gasteiger partial charge in [0.25, 0.3) is 0 Å². The van der Waals surface area contributed by atoms with Gasteiger partial charge in [-0.2, -0.15) is 4.98 Å². The minimum Gasteiger partial charge on any atom is -0.475 e. The van der Waals surface area contributed by atoms with Crippen LogP contribution in [-0.2, 0) is 4.79 Å². The molecule has 6 nitrogen and oxygen atoms in total. The lowest BCUT2D eigenvalue weighted by Gasteiger charge is -2.35. The summed E-state index contributed by atoms with van der Waals surface area (Å²) in [4.78, 5) is 25.3. The monoisotopic (exact) mass is 366 g/mol. The number of ether oxygens (including phenoxy) is 1. The largest absolute Gasteiger partial charge is 0.475 e. The van der Waals surface area contributed by atoms with E-state index in [1.54, 1.807) is 6.08 Å². The first kappa shape index (κ1) is 18.9. The van der Waals surface area contributed by atoms with E-state index in [1.807, 2.05) is 68.1 Å². The van der Waals surface area contributed by atoms with Crippen molar-refractivity contribution in [3.63, 3.8) is 0 Å². The Kier molecular flexibility index (Phi) is 6.06. The van der Waals surface area contributed by atoms with Gasteiger partial charge in [0.15, 0.2) is 0 Å². The summed E-state index contributed by atoms with van der Waals surface area (Å²) in [7, 11) is 0. The smallest absolute Gasteiger partial charge is 0.246 e. The molecule has 1 fully saturated rings. The summed E-state index contributed by atoms with van der Waals surface area (Å²) in [6, 6.07) is 11.7. The molecule has 1 aliphatic rings. The molecule has 0 N–H and O–H groups in total. The van der Waals surface area contributed by atoms with Gasteiger partial charge in [0.2, 0.25) is 11.8 Å². The van der Waals surface area contributed by atoms with Crippen molar-refractivity contribution < 1.29 is 9.53 Å². The van der Waals surface area contributed by atoms with E-state index in [2.05, 4.69) is 14.9 Å². The van der Waals surface area contributed by atoms with Gasteiger partial charge in [-0.15, -0.1) is 0 Å². The molecule has 0 saturated carbocycles. The fourth-order valence-corrected chi connectivity index (χ4v) is 2.98. The molecule has 0 radical (unpaired) electrons. The zero-order valence-corrected chi connectivity index (χ0v) is 16.1. The summed E-state index contributed by atoms with van der Waals surface area (Å²) in [5.41, 5.74) is 1.03. The molecule has 1 saturated heterocycles. The maximum Gasteiger partial charge on any atom is 0.246 e. The quantitative estimate of drug-likeness (QED) is 0.762. The molecule has 0 bridgehead atoms. The number of rotatable bonds is 5. The molecular weight excluding hydrogens is 340 g/mol. The first-order chi connectivity index (χ1) is 13.0. The van der Waals surface area contributed by atoms with Crippen molar-refractivity contribution in [2.75, 3.05) is 31.1 Å². The van der Waals surface area contributed by atoms with Crippen molar-refractivity contribution in [1.82, 2.24) is 14.9 Å². The number of hydrogen-bond acceptors (Lipinski definition) is 5. The van der Waals surface area contributed by atoms with E-state index in [4.69, 9.17) is 4.74 Å². The fourth-order valence-electron chi connectivity index (χ4n) is 2.98. The summed E-state index contributed by atoms with van der Waals surface area (Å²) in [6.45, 7) is 8.63. The fraction of sp³-hybridized carbons (Fsp3) is 0.381. The summed E-state index contributed by atoms with van der Waals surface area (Å²) >= 11 is 0. The third-order valence-electron chi connectivity index (χ3n) is 4.29. The zero-order valence-electron chi connectivity index (χ0n) is 16.1. The minimum absolute atomic E-state index is 0.0428. The highest BCUT2D eigenvalue weighted by Crippen LogP contribution is 2.20. The van der Waals surface area contributed by atoms with Gasteiger partial charge in [0.05, 0.1) is 6.10 Å². The zero-order chi connectivity index (χ0) is 19.2. The van der Waals surface area contributed by atoms with E-state index in [0.29, 0.717) is 24.8 Å². The number of aromatic nitrogens is 2. The molecule has 0 unspecified atom stereocenters. The van der Waals surface area contributed by atoms with Gasteiger partial charge in [-0.3, -0.25) is 4.79 Å². The van der Waals surface area contributed by atoms with Gasteiger partial charge >= 0.3 is 0 Å². The van der Waals surface area contributed by atoms with Gasteiger partial charge < -0.3 is 14.5 Å². The van der Waals surface area contributed by atoms with Crippen molar-refractivity contribution in [3.8, 4) is 5.88 Å². The average Bonchev–Trinajstić information content (AvgIpc) is 2.66. The Balaban J connectivity index is 1.59. The van der Waals surface area contributed by atoms with Crippen LogP contribution in [0.1, 0.15) is 25.2 Å². The van der Waals surface area contributed by atoms with E-state index in [9.17, 15) is 4.79 Å². The molecule has 1 aromatic heterocycles. The standard InChI is InChI=1S/C21H26N4O2/c1-16(2)27-20-15-19(22-17(3)23-20)24-11-13-25(14-12-24)21(26)10-9-18-7-5-4-6-8-18/h4-10,15-16H,11-14H2,1-3H3/b10-9+. The Morgan fingerprint density at radius 1 is 1.11 bits per heavy atom. The molecule has 2 heterocycles. The number of piperazine rings is 1. The molecule has 142 valence electrons. The summed E-state index contributed by atoms with van der Waals surface area (Å²) in [6.07, 6.45) is 3.57. The second-order valence-electron chi connectivity index (χ2n) is 6.83. The highest BCUT2D eigenvalue weighted by molar-refractivity contribution is 5.91. The average molecular weight is 366 g/mol. The number of benzene rings is 1. The van der Waals surface area contributed by atoms with Crippen molar-refractivity contribution in [3.05, 3.63) is 53.9 Å². The topological polar surface area (TPSA) is 58.6 Å². The van der Waals surface area contributed by atoms with E-state index < -0.39 is 0 Å². The number of carbonyl (C=O) groups is 1. The second kappa shape index (κ2) is 8.66. The number of carbonyl (C=O) groups excluding carboxylic acids is 1. The molecular formula is C21H26N4O2. The third kappa shape index (κ3) is 5.29. The van der Waals surface area contributed by atoms with Crippen LogP contribution >= 0.6 is 0 Å². The van der Waals surface area contributed by atoms with E-state index in [0.717, 1.165) is 24.5 Å². The first-order valence-electron chi connectivity index (χ1n) is 9.30. The van der Waals surface area contributed by atoms with Crippen molar-refractivity contribution >= 4 is 17.8 Å². The number of nitrogens with zero attached hydrogens (tertiary/aromatic N) is 4. The maximum atomic E-state index is 12.4. The lowest BCUT2D eigenvalue weighted by molar-refractivity contribution is -0.126. The number of hydrogen-bond donors (Lipinski definition) is 0. The number of aryl methyl sites for hydroxylation is 1. The minimum atomic E-state index is 0.0428. The Bertz CT molecular complexity index is 797. The lowest BCUT2D eigenvalue weighted by Crippen LogP contribution is -2.48. The van der Waals surface area contributed by atoms with Crippen molar-refractivity contribution in [2.24, 2.45) is 0 Å². The molecule has 2 aromatic rings. The van der Waals surface area contributed by atoms with Crippen LogP contribution in [0.3, 0.4) is 0 Å². The molecule has 0 spiro atoms. The molecule has 1 amide bonds. The van der Waals surface area contributed by atoms with Crippen molar-refractivity contribution in [1.29, 1.82) is 0 Å². The van der Waals surface area contributed by atoms with Crippen LogP contribution in [0.2, 0.25) is 0 Å². The van der Waals surface area contributed by atoms with Crippen LogP contribution in [0, 0.1) is 6.92 Å². The predicted molar refractivity (Wildman–Crippen MR) is 107 cm³/mol. The SMILES string of the molecule is Cc1nc(OC(C)C)cc(N2CCN(C(=O)/C=C/c3ccccc3)CC2)n1. The molecule has 27 heavy (non-hydrogen) atoms. The van der Waals surface area contributed by atoms with Gasteiger partial charge in [-0.25, -0.2) is 4.98 Å². The normalized spacial score (nSPS) is 14.8. The Morgan fingerprint density at radius 3 is 2.48 bits per heavy atom. The summed E-state index contributed by atoms with van der Waals surface area (Å²) in [5, 5.41) is 0. The van der Waals surface area contributed by atoms with Crippen LogP contribution in [-0.4, -0.2) is 53.1 Å². The molecule has 1 aliphatic heterocycles. The van der Waals surface area contributed by atoms with Gasteiger partial charge in [0, 0.05) is 38.3 Å². The first-order valence-corrected chi connectivity index (χ1v) is 9.30. The third-order valence-corrected chi connectivity index (χ3v) is 4.29. The highest BCUT2D eigenvalue weighted by Gasteiger charge is 2.21. The van der Waals surface area contributed by atoms with E-state index in [-0.39, 0.29) is 12.0 Å². The summed E-state index contributed by atoms with van der Waals surface area (Å²) < 4.78 is 5.71. The molecule has 6 heteroatoms. The number of anilines is 1. The van der Waals surface area contributed by atoms with Crippen LogP contribution in [0.15, 0.2) is 42.5 Å². The molecule has 0 aliphatic carbocycles. The Morgan fingerprint density at radius 2 is 1.81 bits per heavy atom. The molecule has 1 aromatic carbocycles. The van der Waals surface area contributed by atoms with Gasteiger partial charge in [-0.05, 0) is 32.4 Å². The molecule has 0 atom stereocenters. The lowest BCUT2D eigenvalue weighted by atomic mass is 10.2. The Hall–Kier alpha value is -2.89. The van der Waals surface area contributed by atoms with E-state index in [1.165, 1.54) is 0 Å². The van der Waals surface area contributed by atoms with Crippen LogP contribution in [0.4, 0.5) is 5.82 Å². The van der Waals surface area contributed by atoms with Crippen LogP contribution in [0.5, 0.6) is 5.88 Å². The maximum absolute atomic E-state index is 12.4. The van der Waals surface area contributed by atoms with Crippen molar-refractivity contribution in [2.45, 2.75) is 26.9 Å². The molecule has 3 rings (SSSR count). The highest BCUT2D eigenvalue weighted by atomic mass is 16.5. The van der Waals surface area contributed by atoms with Crippen LogP contribution in [0.25, 0.3) is 6.08 Å². The Labute approximate surface area is 160 Å². The van der Waals surface area contributed by atoms with E-state index >= 15 is 0 Å². The second-order valence-corrected chi connectivity index (χ2v) is 6.83. The van der Waals surface area contributed by atoms with Crippen LogP contribution < -0.4 is 9.64 Å². The predicted octanol–water partition coefficient (Wildman–Crippen LogP) is 2.93. The summed E-state index contributed by atoms with van der Waals surface area (Å²) in [5.74, 6) is 2.18. The number of amides is 1. The van der Waals surface area contributed by atoms with Gasteiger partial charge in [0.1, 0.15) is 11.6 Å².